The highest BCUT2D eigenvalue weighted by atomic mass is 15.3. The van der Waals surface area contributed by atoms with Crippen LogP contribution in [-0.4, -0.2) is 57.8 Å². The summed E-state index contributed by atoms with van der Waals surface area (Å²) >= 11 is 0. The van der Waals surface area contributed by atoms with Crippen LogP contribution in [0.3, 0.4) is 0 Å². The fourth-order valence-corrected chi connectivity index (χ4v) is 2.81. The summed E-state index contributed by atoms with van der Waals surface area (Å²) in [6, 6.07) is 0.302. The Balaban J connectivity index is 1.99. The first-order chi connectivity index (χ1) is 8.91. The summed E-state index contributed by atoms with van der Waals surface area (Å²) in [6.45, 7) is 11.9. The third kappa shape index (κ3) is 3.35. The molecule has 108 valence electrons. The van der Waals surface area contributed by atoms with E-state index < -0.39 is 0 Å². The molecule has 0 aliphatic carbocycles. The van der Waals surface area contributed by atoms with Gasteiger partial charge in [0.25, 0.3) is 0 Å². The Morgan fingerprint density at radius 3 is 2.32 bits per heavy atom. The molecule has 1 aliphatic heterocycles. The lowest BCUT2D eigenvalue weighted by molar-refractivity contribution is 0.0433. The zero-order valence-corrected chi connectivity index (χ0v) is 12.6. The molecule has 2 rings (SSSR count). The molecule has 1 saturated heterocycles. The summed E-state index contributed by atoms with van der Waals surface area (Å²) in [5.74, 6) is 0. The molecule has 0 radical (unpaired) electrons. The van der Waals surface area contributed by atoms with Gasteiger partial charge in [-0.25, -0.2) is 0 Å². The molecule has 2 N–H and O–H groups in total. The van der Waals surface area contributed by atoms with Gasteiger partial charge in [0.2, 0.25) is 0 Å². The van der Waals surface area contributed by atoms with Crippen LogP contribution in [0.4, 0.5) is 0 Å². The second-order valence-corrected chi connectivity index (χ2v) is 6.39. The Hall–Kier alpha value is -0.910. The molecule has 5 nitrogen and oxygen atoms in total. The van der Waals surface area contributed by atoms with Gasteiger partial charge in [-0.05, 0) is 20.8 Å². The van der Waals surface area contributed by atoms with Crippen LogP contribution in [0.25, 0.3) is 0 Å². The quantitative estimate of drug-likeness (QED) is 0.880. The molecule has 0 saturated carbocycles. The SMILES string of the molecule is Cn1cc(C(CN)N2CCN(C(C)(C)C)CC2)cn1. The zero-order valence-electron chi connectivity index (χ0n) is 12.6. The van der Waals surface area contributed by atoms with Crippen LogP contribution in [0.2, 0.25) is 0 Å². The molecular formula is C14H27N5. The summed E-state index contributed by atoms with van der Waals surface area (Å²) in [6.07, 6.45) is 4.02. The van der Waals surface area contributed by atoms with Gasteiger partial charge in [-0.3, -0.25) is 14.5 Å². The van der Waals surface area contributed by atoms with Gasteiger partial charge in [-0.1, -0.05) is 0 Å². The number of hydrogen-bond acceptors (Lipinski definition) is 4. The average Bonchev–Trinajstić information content (AvgIpc) is 2.76. The number of aryl methyl sites for hydroxylation is 1. The Kier molecular flexibility index (Phi) is 4.28. The van der Waals surface area contributed by atoms with Crippen molar-refractivity contribution in [2.75, 3.05) is 32.7 Å². The molecule has 5 heteroatoms. The fraction of sp³-hybridized carbons (Fsp3) is 0.786. The average molecular weight is 265 g/mol. The predicted molar refractivity (Wildman–Crippen MR) is 77.9 cm³/mol. The summed E-state index contributed by atoms with van der Waals surface area (Å²) in [4.78, 5) is 5.03. The maximum atomic E-state index is 5.97. The minimum Gasteiger partial charge on any atom is -0.329 e. The lowest BCUT2D eigenvalue weighted by Crippen LogP contribution is -2.54. The van der Waals surface area contributed by atoms with E-state index in [-0.39, 0.29) is 5.54 Å². The molecule has 0 aromatic carbocycles. The first-order valence-corrected chi connectivity index (χ1v) is 7.09. The Morgan fingerprint density at radius 2 is 1.89 bits per heavy atom. The van der Waals surface area contributed by atoms with Crippen LogP contribution in [0.5, 0.6) is 0 Å². The highest BCUT2D eigenvalue weighted by Crippen LogP contribution is 2.23. The van der Waals surface area contributed by atoms with Gasteiger partial charge in [-0.2, -0.15) is 5.10 Å². The monoisotopic (exact) mass is 265 g/mol. The molecule has 1 fully saturated rings. The van der Waals surface area contributed by atoms with Crippen molar-refractivity contribution in [2.24, 2.45) is 12.8 Å². The second kappa shape index (κ2) is 5.61. The molecular weight excluding hydrogens is 238 g/mol. The van der Waals surface area contributed by atoms with Crippen LogP contribution >= 0.6 is 0 Å². The van der Waals surface area contributed by atoms with Gasteiger partial charge < -0.3 is 5.73 Å². The van der Waals surface area contributed by atoms with Gasteiger partial charge in [0.1, 0.15) is 0 Å². The van der Waals surface area contributed by atoms with Crippen LogP contribution in [0.1, 0.15) is 32.4 Å². The van der Waals surface area contributed by atoms with E-state index in [0.717, 1.165) is 26.2 Å². The van der Waals surface area contributed by atoms with Crippen LogP contribution in [0.15, 0.2) is 12.4 Å². The molecule has 1 aromatic heterocycles. The van der Waals surface area contributed by atoms with Crippen molar-refractivity contribution >= 4 is 0 Å². The van der Waals surface area contributed by atoms with Gasteiger partial charge in [0.05, 0.1) is 12.2 Å². The van der Waals surface area contributed by atoms with Gasteiger partial charge in [-0.15, -0.1) is 0 Å². The third-order valence-corrected chi connectivity index (χ3v) is 4.04. The molecule has 19 heavy (non-hydrogen) atoms. The molecule has 0 amide bonds. The maximum absolute atomic E-state index is 5.97. The van der Waals surface area contributed by atoms with Crippen molar-refractivity contribution in [3.63, 3.8) is 0 Å². The van der Waals surface area contributed by atoms with E-state index in [1.54, 1.807) is 0 Å². The van der Waals surface area contributed by atoms with Crippen LogP contribution < -0.4 is 5.73 Å². The Labute approximate surface area is 116 Å². The van der Waals surface area contributed by atoms with E-state index in [9.17, 15) is 0 Å². The molecule has 1 aliphatic rings. The van der Waals surface area contributed by atoms with E-state index in [1.807, 2.05) is 17.9 Å². The Bertz CT molecular complexity index is 398. The van der Waals surface area contributed by atoms with Crippen molar-refractivity contribution in [3.05, 3.63) is 18.0 Å². The number of aromatic nitrogens is 2. The van der Waals surface area contributed by atoms with E-state index in [1.165, 1.54) is 5.56 Å². The molecule has 1 atom stereocenters. The van der Waals surface area contributed by atoms with Crippen molar-refractivity contribution in [2.45, 2.75) is 32.4 Å². The van der Waals surface area contributed by atoms with Crippen molar-refractivity contribution in [1.82, 2.24) is 19.6 Å². The van der Waals surface area contributed by atoms with Crippen molar-refractivity contribution in [1.29, 1.82) is 0 Å². The maximum Gasteiger partial charge on any atom is 0.0538 e. The van der Waals surface area contributed by atoms with Crippen LogP contribution in [-0.2, 0) is 7.05 Å². The van der Waals surface area contributed by atoms with E-state index in [0.29, 0.717) is 12.6 Å². The highest BCUT2D eigenvalue weighted by molar-refractivity contribution is 5.11. The molecule has 0 spiro atoms. The lowest BCUT2D eigenvalue weighted by Gasteiger charge is -2.44. The van der Waals surface area contributed by atoms with Crippen molar-refractivity contribution < 1.29 is 0 Å². The minimum atomic E-state index is 0.263. The molecule has 0 bridgehead atoms. The van der Waals surface area contributed by atoms with Gasteiger partial charge in [0, 0.05) is 57.1 Å². The largest absolute Gasteiger partial charge is 0.329 e. The van der Waals surface area contributed by atoms with Crippen molar-refractivity contribution in [3.8, 4) is 0 Å². The second-order valence-electron chi connectivity index (χ2n) is 6.39. The number of piperazine rings is 1. The summed E-state index contributed by atoms with van der Waals surface area (Å²) in [5.41, 5.74) is 7.47. The first kappa shape index (κ1) is 14.5. The van der Waals surface area contributed by atoms with Gasteiger partial charge in [0.15, 0.2) is 0 Å². The molecule has 1 unspecified atom stereocenters. The topological polar surface area (TPSA) is 50.3 Å². The zero-order chi connectivity index (χ0) is 14.0. The first-order valence-electron chi connectivity index (χ1n) is 7.09. The predicted octanol–water partition coefficient (Wildman–Crippen LogP) is 0.836. The normalized spacial score (nSPS) is 20.7. The highest BCUT2D eigenvalue weighted by Gasteiger charge is 2.29. The molecule has 1 aromatic rings. The number of nitrogens with zero attached hydrogens (tertiary/aromatic N) is 4. The standard InChI is InChI=1S/C14H27N5/c1-14(2,3)19-7-5-18(6-8-19)13(9-15)12-10-16-17(4)11-12/h10-11,13H,5-9,15H2,1-4H3. The third-order valence-electron chi connectivity index (χ3n) is 4.04. The van der Waals surface area contributed by atoms with Crippen LogP contribution in [0, 0.1) is 0 Å². The lowest BCUT2D eigenvalue weighted by atomic mass is 10.0. The summed E-state index contributed by atoms with van der Waals surface area (Å²) in [7, 11) is 1.95. The summed E-state index contributed by atoms with van der Waals surface area (Å²) in [5, 5.41) is 4.26. The van der Waals surface area contributed by atoms with E-state index in [2.05, 4.69) is 41.9 Å². The minimum absolute atomic E-state index is 0.263. The van der Waals surface area contributed by atoms with Gasteiger partial charge >= 0.3 is 0 Å². The molecule has 2 heterocycles. The smallest absolute Gasteiger partial charge is 0.0538 e. The fourth-order valence-electron chi connectivity index (χ4n) is 2.81. The summed E-state index contributed by atoms with van der Waals surface area (Å²) < 4.78 is 1.85. The number of rotatable bonds is 3. The Morgan fingerprint density at radius 1 is 1.26 bits per heavy atom. The van der Waals surface area contributed by atoms with E-state index >= 15 is 0 Å². The number of nitrogens with two attached hydrogens (primary N) is 1. The van der Waals surface area contributed by atoms with E-state index in [4.69, 9.17) is 5.73 Å². The number of hydrogen-bond donors (Lipinski definition) is 1.